The summed E-state index contributed by atoms with van der Waals surface area (Å²) in [6.45, 7) is 4.38. The highest BCUT2D eigenvalue weighted by Crippen LogP contribution is 2.18. The summed E-state index contributed by atoms with van der Waals surface area (Å²) in [7, 11) is 0. The molecule has 0 unspecified atom stereocenters. The van der Waals surface area contributed by atoms with E-state index in [4.69, 9.17) is 4.98 Å². The van der Waals surface area contributed by atoms with Gasteiger partial charge in [0.25, 0.3) is 5.91 Å². The second-order valence-electron chi connectivity index (χ2n) is 6.70. The van der Waals surface area contributed by atoms with Gasteiger partial charge in [-0.3, -0.25) is 18.7 Å². The van der Waals surface area contributed by atoms with Crippen LogP contribution in [0.25, 0.3) is 11.5 Å². The number of amides is 1. The van der Waals surface area contributed by atoms with Crippen LogP contribution in [0.15, 0.2) is 61.4 Å². The molecule has 1 amide bonds. The smallest absolute Gasteiger partial charge is 0.271 e. The van der Waals surface area contributed by atoms with Crippen molar-refractivity contribution in [2.24, 2.45) is 0 Å². The number of anilines is 1. The van der Waals surface area contributed by atoms with Gasteiger partial charge in [0, 0.05) is 30.8 Å². The van der Waals surface area contributed by atoms with E-state index in [0.717, 1.165) is 16.9 Å². The topological polar surface area (TPSA) is 89.1 Å². The van der Waals surface area contributed by atoms with E-state index in [1.807, 2.05) is 54.8 Å². The number of nitrogens with zero attached hydrogens (tertiary/aromatic N) is 5. The van der Waals surface area contributed by atoms with Gasteiger partial charge >= 0.3 is 0 Å². The zero-order chi connectivity index (χ0) is 19.5. The summed E-state index contributed by atoms with van der Waals surface area (Å²) in [4.78, 5) is 25.3. The van der Waals surface area contributed by atoms with Crippen molar-refractivity contribution < 1.29 is 4.79 Å². The highest BCUT2D eigenvalue weighted by molar-refractivity contribution is 5.92. The monoisotopic (exact) mass is 375 g/mol. The molecule has 142 valence electrons. The average Bonchev–Trinajstić information content (AvgIpc) is 3.32. The van der Waals surface area contributed by atoms with E-state index in [9.17, 15) is 4.79 Å². The van der Waals surface area contributed by atoms with Gasteiger partial charge in [0.2, 0.25) is 5.95 Å². The second-order valence-corrected chi connectivity index (χ2v) is 6.70. The third-order valence-electron chi connectivity index (χ3n) is 4.19. The molecule has 0 atom stereocenters. The van der Waals surface area contributed by atoms with Gasteiger partial charge in [-0.1, -0.05) is 6.07 Å². The van der Waals surface area contributed by atoms with Gasteiger partial charge in [0.1, 0.15) is 12.0 Å². The van der Waals surface area contributed by atoms with Crippen LogP contribution in [-0.2, 0) is 6.54 Å². The van der Waals surface area contributed by atoms with E-state index in [1.165, 1.54) is 0 Å². The Kier molecular flexibility index (Phi) is 4.76. The first kappa shape index (κ1) is 17.7. The summed E-state index contributed by atoms with van der Waals surface area (Å²) < 4.78 is 3.74. The van der Waals surface area contributed by atoms with Crippen LogP contribution in [0.3, 0.4) is 0 Å². The molecule has 0 fully saturated rings. The fourth-order valence-corrected chi connectivity index (χ4v) is 2.94. The van der Waals surface area contributed by atoms with Gasteiger partial charge in [-0.15, -0.1) is 0 Å². The van der Waals surface area contributed by atoms with Gasteiger partial charge in [-0.25, -0.2) is 9.97 Å². The Morgan fingerprint density at radius 3 is 2.89 bits per heavy atom. The number of rotatable bonds is 6. The SMILES string of the molecule is CC(C)NC(=O)c1cn(-c2nc(CNc3cccnc3)c3ccccn23)cn1. The van der Waals surface area contributed by atoms with Crippen LogP contribution >= 0.6 is 0 Å². The molecule has 0 saturated carbocycles. The van der Waals surface area contributed by atoms with Crippen molar-refractivity contribution in [3.8, 4) is 5.95 Å². The minimum atomic E-state index is -0.201. The molecular weight excluding hydrogens is 354 g/mol. The molecule has 0 aliphatic heterocycles. The first-order valence-electron chi connectivity index (χ1n) is 9.07. The number of hydrogen-bond donors (Lipinski definition) is 2. The van der Waals surface area contributed by atoms with Crippen molar-refractivity contribution in [1.82, 2.24) is 29.2 Å². The summed E-state index contributed by atoms with van der Waals surface area (Å²) >= 11 is 0. The molecule has 0 aliphatic carbocycles. The standard InChI is InChI=1S/C20H21N7O/c1-14(2)24-19(28)17-12-26(13-23-17)20-25-16(18-7-3-4-9-27(18)20)11-22-15-6-5-8-21-10-15/h3-10,12-14,22H,11H2,1-2H3,(H,24,28). The molecule has 0 saturated heterocycles. The molecule has 8 heteroatoms. The molecular formula is C20H21N7O. The lowest BCUT2D eigenvalue weighted by molar-refractivity contribution is 0.0938. The molecule has 28 heavy (non-hydrogen) atoms. The van der Waals surface area contributed by atoms with Gasteiger partial charge < -0.3 is 10.6 Å². The maximum Gasteiger partial charge on any atom is 0.271 e. The zero-order valence-electron chi connectivity index (χ0n) is 15.7. The van der Waals surface area contributed by atoms with E-state index in [0.29, 0.717) is 18.2 Å². The van der Waals surface area contributed by atoms with E-state index in [2.05, 4.69) is 20.6 Å². The van der Waals surface area contributed by atoms with E-state index in [-0.39, 0.29) is 11.9 Å². The van der Waals surface area contributed by atoms with Crippen LogP contribution in [0.5, 0.6) is 0 Å². The van der Waals surface area contributed by atoms with Crippen LogP contribution in [0, 0.1) is 0 Å². The Morgan fingerprint density at radius 1 is 1.21 bits per heavy atom. The number of pyridine rings is 2. The van der Waals surface area contributed by atoms with Crippen molar-refractivity contribution in [1.29, 1.82) is 0 Å². The van der Waals surface area contributed by atoms with Crippen molar-refractivity contribution in [2.75, 3.05) is 5.32 Å². The number of fused-ring (bicyclic) bond motifs is 1. The van der Waals surface area contributed by atoms with Crippen LogP contribution in [0.2, 0.25) is 0 Å². The molecule has 8 nitrogen and oxygen atoms in total. The number of carbonyl (C=O) groups excluding carboxylic acids is 1. The van der Waals surface area contributed by atoms with E-state index < -0.39 is 0 Å². The lowest BCUT2D eigenvalue weighted by Crippen LogP contribution is -2.30. The van der Waals surface area contributed by atoms with Crippen LogP contribution in [0.4, 0.5) is 5.69 Å². The van der Waals surface area contributed by atoms with Crippen molar-refractivity contribution >= 4 is 17.1 Å². The lowest BCUT2D eigenvalue weighted by atomic mass is 10.3. The van der Waals surface area contributed by atoms with Gasteiger partial charge in [0.15, 0.2) is 0 Å². The number of imidazole rings is 2. The molecule has 2 N–H and O–H groups in total. The van der Waals surface area contributed by atoms with Crippen LogP contribution < -0.4 is 10.6 Å². The third kappa shape index (κ3) is 3.57. The van der Waals surface area contributed by atoms with E-state index in [1.54, 1.807) is 29.5 Å². The first-order valence-corrected chi connectivity index (χ1v) is 9.07. The largest absolute Gasteiger partial charge is 0.378 e. The molecule has 0 aliphatic rings. The molecule has 0 spiro atoms. The minimum Gasteiger partial charge on any atom is -0.378 e. The Bertz CT molecular complexity index is 1100. The quantitative estimate of drug-likeness (QED) is 0.541. The molecule has 0 bridgehead atoms. The predicted octanol–water partition coefficient (Wildman–Crippen LogP) is 2.67. The minimum absolute atomic E-state index is 0.0510. The van der Waals surface area contributed by atoms with Crippen molar-refractivity contribution in [2.45, 2.75) is 26.4 Å². The summed E-state index contributed by atoms with van der Waals surface area (Å²) in [5.41, 5.74) is 3.16. The fraction of sp³-hybridized carbons (Fsp3) is 0.200. The van der Waals surface area contributed by atoms with E-state index >= 15 is 0 Å². The maximum absolute atomic E-state index is 12.2. The number of nitrogens with one attached hydrogen (secondary N) is 2. The number of aromatic nitrogens is 5. The number of hydrogen-bond acceptors (Lipinski definition) is 5. The lowest BCUT2D eigenvalue weighted by Gasteiger charge is -2.05. The Hall–Kier alpha value is -3.68. The van der Waals surface area contributed by atoms with Gasteiger partial charge in [-0.05, 0) is 38.1 Å². The maximum atomic E-state index is 12.2. The van der Waals surface area contributed by atoms with Gasteiger partial charge in [-0.2, -0.15) is 0 Å². The predicted molar refractivity (Wildman–Crippen MR) is 106 cm³/mol. The Balaban J connectivity index is 1.65. The molecule has 0 aromatic carbocycles. The average molecular weight is 375 g/mol. The molecule has 4 rings (SSSR count). The normalized spacial score (nSPS) is 11.1. The fourth-order valence-electron chi connectivity index (χ4n) is 2.94. The summed E-state index contributed by atoms with van der Waals surface area (Å²) in [5.74, 6) is 0.475. The summed E-state index contributed by atoms with van der Waals surface area (Å²) in [6, 6.07) is 9.83. The number of carbonyl (C=O) groups is 1. The first-order chi connectivity index (χ1) is 13.6. The molecule has 4 aromatic rings. The second kappa shape index (κ2) is 7.51. The van der Waals surface area contributed by atoms with Crippen molar-refractivity contribution in [3.05, 3.63) is 72.8 Å². The Labute approximate surface area is 162 Å². The molecule has 0 radical (unpaired) electrons. The Morgan fingerprint density at radius 2 is 2.11 bits per heavy atom. The highest BCUT2D eigenvalue weighted by atomic mass is 16.1. The van der Waals surface area contributed by atoms with Crippen LogP contribution in [0.1, 0.15) is 30.0 Å². The van der Waals surface area contributed by atoms with Gasteiger partial charge in [0.05, 0.1) is 23.4 Å². The van der Waals surface area contributed by atoms with Crippen molar-refractivity contribution in [3.63, 3.8) is 0 Å². The highest BCUT2D eigenvalue weighted by Gasteiger charge is 2.15. The summed E-state index contributed by atoms with van der Waals surface area (Å²) in [5, 5.41) is 6.18. The molecule has 4 heterocycles. The third-order valence-corrected chi connectivity index (χ3v) is 4.19. The van der Waals surface area contributed by atoms with Crippen LogP contribution in [-0.4, -0.2) is 35.9 Å². The zero-order valence-corrected chi connectivity index (χ0v) is 15.7. The summed E-state index contributed by atoms with van der Waals surface area (Å²) in [6.07, 6.45) is 8.75. The molecule has 4 aromatic heterocycles.